The molecule has 0 spiro atoms. The number of halogens is 1. The highest BCUT2D eigenvalue weighted by Crippen LogP contribution is 2.32. The largest absolute Gasteiger partial charge is 0.495 e. The molecule has 0 aromatic heterocycles. The number of carbonyl (C=O) groups is 1. The van der Waals surface area contributed by atoms with Crippen LogP contribution in [0.2, 0.25) is 5.02 Å². The molecule has 0 N–H and O–H groups in total. The fraction of sp³-hybridized carbons (Fsp3) is 0.125. The molecule has 0 aliphatic carbocycles. The summed E-state index contributed by atoms with van der Waals surface area (Å²) in [6.07, 6.45) is 2.74. The zero-order chi connectivity index (χ0) is 23.1. The molecule has 0 fully saturated rings. The number of ether oxygens (including phenoxy) is 2. The van der Waals surface area contributed by atoms with Crippen molar-refractivity contribution in [3.8, 4) is 11.5 Å². The smallest absolute Gasteiger partial charge is 0.271 e. The first kappa shape index (κ1) is 23.4. The minimum atomic E-state index is -4.20. The summed E-state index contributed by atoms with van der Waals surface area (Å²) in [7, 11) is -2.75. The molecule has 166 valence electrons. The first-order chi connectivity index (χ1) is 15.4. The van der Waals surface area contributed by atoms with E-state index in [9.17, 15) is 13.2 Å². The summed E-state index contributed by atoms with van der Waals surface area (Å²) in [5.74, 6) is 0.325. The maximum Gasteiger partial charge on any atom is 0.271 e. The van der Waals surface area contributed by atoms with Gasteiger partial charge in [-0.2, -0.15) is 4.31 Å². The van der Waals surface area contributed by atoms with Crippen molar-refractivity contribution in [2.24, 2.45) is 0 Å². The van der Waals surface area contributed by atoms with Crippen molar-refractivity contribution >= 4 is 39.3 Å². The average molecular weight is 472 g/mol. The Bertz CT molecular complexity index is 1210. The predicted octanol–water partition coefficient (Wildman–Crippen LogP) is 5.18. The number of nitrogens with zero attached hydrogens (tertiary/aromatic N) is 1. The van der Waals surface area contributed by atoms with E-state index in [4.69, 9.17) is 21.1 Å². The van der Waals surface area contributed by atoms with E-state index in [0.717, 1.165) is 4.31 Å². The molecule has 6 nitrogen and oxygen atoms in total. The Morgan fingerprint density at radius 3 is 2.31 bits per heavy atom. The van der Waals surface area contributed by atoms with E-state index in [1.807, 2.05) is 6.92 Å². The highest BCUT2D eigenvalue weighted by Gasteiger charge is 2.30. The summed E-state index contributed by atoms with van der Waals surface area (Å²) in [4.78, 5) is 13.1. The molecule has 0 unspecified atom stereocenters. The average Bonchev–Trinajstić information content (AvgIpc) is 2.79. The van der Waals surface area contributed by atoms with Gasteiger partial charge in [0, 0.05) is 6.08 Å². The third-order valence-corrected chi connectivity index (χ3v) is 6.50. The molecular weight excluding hydrogens is 450 g/mol. The normalized spacial score (nSPS) is 11.3. The summed E-state index contributed by atoms with van der Waals surface area (Å²) in [5.41, 5.74) is 0.813. The van der Waals surface area contributed by atoms with E-state index in [2.05, 4.69) is 0 Å². The van der Waals surface area contributed by atoms with Gasteiger partial charge in [-0.3, -0.25) is 4.79 Å². The summed E-state index contributed by atoms with van der Waals surface area (Å²) < 4.78 is 38.0. The van der Waals surface area contributed by atoms with Gasteiger partial charge in [0.1, 0.15) is 11.5 Å². The van der Waals surface area contributed by atoms with Crippen LogP contribution in [-0.2, 0) is 14.8 Å². The number of amides is 1. The van der Waals surface area contributed by atoms with Crippen LogP contribution in [0.15, 0.2) is 83.8 Å². The maximum absolute atomic E-state index is 13.3. The molecule has 3 aromatic rings. The molecule has 0 heterocycles. The number of rotatable bonds is 8. The lowest BCUT2D eigenvalue weighted by molar-refractivity contribution is -0.113. The van der Waals surface area contributed by atoms with Gasteiger partial charge in [-0.05, 0) is 61.0 Å². The Balaban J connectivity index is 2.00. The van der Waals surface area contributed by atoms with Crippen molar-refractivity contribution in [1.82, 2.24) is 0 Å². The summed E-state index contributed by atoms with van der Waals surface area (Å²) in [5, 5.41) is 0.182. The monoisotopic (exact) mass is 471 g/mol. The van der Waals surface area contributed by atoms with Crippen LogP contribution in [0.1, 0.15) is 12.5 Å². The van der Waals surface area contributed by atoms with Crippen molar-refractivity contribution in [2.75, 3.05) is 18.0 Å². The fourth-order valence-electron chi connectivity index (χ4n) is 2.94. The van der Waals surface area contributed by atoms with Gasteiger partial charge in [0.2, 0.25) is 0 Å². The van der Waals surface area contributed by atoms with Gasteiger partial charge in [0.05, 0.1) is 29.3 Å². The van der Waals surface area contributed by atoms with Gasteiger partial charge in [-0.25, -0.2) is 8.42 Å². The predicted molar refractivity (Wildman–Crippen MR) is 126 cm³/mol. The van der Waals surface area contributed by atoms with Crippen molar-refractivity contribution in [1.29, 1.82) is 0 Å². The number of carbonyl (C=O) groups excluding carboxylic acids is 1. The number of sulfonamides is 1. The lowest BCUT2D eigenvalue weighted by atomic mass is 10.2. The van der Waals surface area contributed by atoms with Crippen LogP contribution in [0.5, 0.6) is 11.5 Å². The first-order valence-electron chi connectivity index (χ1n) is 9.75. The second-order valence-electron chi connectivity index (χ2n) is 6.57. The minimum absolute atomic E-state index is 0.0187. The van der Waals surface area contributed by atoms with Crippen molar-refractivity contribution in [2.45, 2.75) is 11.8 Å². The second kappa shape index (κ2) is 10.3. The molecule has 0 aliphatic rings. The Morgan fingerprint density at radius 1 is 1.03 bits per heavy atom. The molecular formula is C24H22ClNO5S. The molecule has 1 amide bonds. The lowest BCUT2D eigenvalue weighted by Gasteiger charge is -2.22. The molecule has 8 heteroatoms. The van der Waals surface area contributed by atoms with Crippen LogP contribution < -0.4 is 13.8 Å². The van der Waals surface area contributed by atoms with E-state index in [0.29, 0.717) is 23.7 Å². The third-order valence-electron chi connectivity index (χ3n) is 4.46. The van der Waals surface area contributed by atoms with E-state index in [-0.39, 0.29) is 15.6 Å². The van der Waals surface area contributed by atoms with E-state index < -0.39 is 15.9 Å². The van der Waals surface area contributed by atoms with Crippen LogP contribution in [0.3, 0.4) is 0 Å². The lowest BCUT2D eigenvalue weighted by Crippen LogP contribution is -2.35. The highest BCUT2D eigenvalue weighted by atomic mass is 35.5. The van der Waals surface area contributed by atoms with Crippen LogP contribution in [0.25, 0.3) is 6.08 Å². The number of methoxy groups -OCH3 is 1. The molecule has 32 heavy (non-hydrogen) atoms. The minimum Gasteiger partial charge on any atom is -0.495 e. The van der Waals surface area contributed by atoms with Gasteiger partial charge in [-0.15, -0.1) is 0 Å². The van der Waals surface area contributed by atoms with Crippen LogP contribution in [0, 0.1) is 0 Å². The maximum atomic E-state index is 13.3. The second-order valence-corrected chi connectivity index (χ2v) is 8.77. The van der Waals surface area contributed by atoms with Crippen molar-refractivity contribution in [3.05, 3.63) is 89.5 Å². The Labute approximate surface area is 192 Å². The Kier molecular flexibility index (Phi) is 7.56. The summed E-state index contributed by atoms with van der Waals surface area (Å²) in [6.45, 7) is 2.43. The van der Waals surface area contributed by atoms with Crippen molar-refractivity contribution in [3.63, 3.8) is 0 Å². The van der Waals surface area contributed by atoms with E-state index in [1.54, 1.807) is 42.5 Å². The Hall–Kier alpha value is -3.29. The molecule has 0 aliphatic heterocycles. The number of anilines is 1. The SMILES string of the molecule is CCOc1ccc(/C=C/C(=O)N(c2ccc(OC)c(Cl)c2)S(=O)(=O)c2ccccc2)cc1. The fourth-order valence-corrected chi connectivity index (χ4v) is 4.59. The van der Waals surface area contributed by atoms with Gasteiger partial charge in [0.25, 0.3) is 15.9 Å². The van der Waals surface area contributed by atoms with Crippen LogP contribution >= 0.6 is 11.6 Å². The van der Waals surface area contributed by atoms with Crippen LogP contribution in [-0.4, -0.2) is 28.0 Å². The number of hydrogen-bond acceptors (Lipinski definition) is 5. The standard InChI is InChI=1S/C24H22ClNO5S/c1-3-31-20-13-9-18(10-14-20)11-16-24(27)26(19-12-15-23(30-2)22(25)17-19)32(28,29)21-7-5-4-6-8-21/h4-17H,3H2,1-2H3/b16-11+. The van der Waals surface area contributed by atoms with Gasteiger partial charge >= 0.3 is 0 Å². The summed E-state index contributed by atoms with van der Waals surface area (Å²) >= 11 is 6.20. The van der Waals surface area contributed by atoms with Gasteiger partial charge < -0.3 is 9.47 Å². The topological polar surface area (TPSA) is 72.9 Å². The molecule has 3 aromatic carbocycles. The van der Waals surface area contributed by atoms with E-state index >= 15 is 0 Å². The van der Waals surface area contributed by atoms with Gasteiger partial charge in [-0.1, -0.05) is 41.9 Å². The highest BCUT2D eigenvalue weighted by molar-refractivity contribution is 7.93. The molecule has 3 rings (SSSR count). The van der Waals surface area contributed by atoms with Crippen LogP contribution in [0.4, 0.5) is 5.69 Å². The Morgan fingerprint density at radius 2 is 1.72 bits per heavy atom. The zero-order valence-corrected chi connectivity index (χ0v) is 19.1. The third kappa shape index (κ3) is 5.30. The molecule has 0 atom stereocenters. The zero-order valence-electron chi connectivity index (χ0n) is 17.6. The quantitative estimate of drug-likeness (QED) is 0.423. The molecule has 0 bridgehead atoms. The number of hydrogen-bond donors (Lipinski definition) is 0. The number of benzene rings is 3. The summed E-state index contributed by atoms with van der Waals surface area (Å²) in [6, 6.07) is 19.2. The van der Waals surface area contributed by atoms with E-state index in [1.165, 1.54) is 49.6 Å². The molecule has 0 radical (unpaired) electrons. The van der Waals surface area contributed by atoms with Gasteiger partial charge in [0.15, 0.2) is 0 Å². The first-order valence-corrected chi connectivity index (χ1v) is 11.6. The molecule has 0 saturated heterocycles. The van der Waals surface area contributed by atoms with Crippen molar-refractivity contribution < 1.29 is 22.7 Å². The molecule has 0 saturated carbocycles.